The number of rotatable bonds is 3. The number of aromatic hydroxyl groups is 1. The van der Waals surface area contributed by atoms with Crippen molar-refractivity contribution in [2.24, 2.45) is 0 Å². The molecule has 1 aromatic carbocycles. The van der Waals surface area contributed by atoms with Crippen molar-refractivity contribution in [1.29, 1.82) is 0 Å². The van der Waals surface area contributed by atoms with E-state index in [1.807, 2.05) is 18.6 Å². The fourth-order valence-electron chi connectivity index (χ4n) is 3.99. The minimum absolute atomic E-state index is 0.381. The van der Waals surface area contributed by atoms with Crippen molar-refractivity contribution in [3.63, 3.8) is 0 Å². The van der Waals surface area contributed by atoms with Gasteiger partial charge in [0.2, 0.25) is 0 Å². The first-order valence-corrected chi connectivity index (χ1v) is 7.86. The zero-order valence-corrected chi connectivity index (χ0v) is 12.1. The number of aromatic nitrogens is 2. The third-order valence-electron chi connectivity index (χ3n) is 5.01. The van der Waals surface area contributed by atoms with Crippen LogP contribution in [0.3, 0.4) is 0 Å². The Morgan fingerprint density at radius 3 is 3.05 bits per heavy atom. The molecule has 21 heavy (non-hydrogen) atoms. The Kier molecular flexibility index (Phi) is 3.19. The second kappa shape index (κ2) is 5.19. The van der Waals surface area contributed by atoms with Crippen LogP contribution >= 0.6 is 0 Å². The highest BCUT2D eigenvalue weighted by atomic mass is 16.3. The number of nitrogens with zero attached hydrogens (tertiary/aromatic N) is 2. The highest BCUT2D eigenvalue weighted by Crippen LogP contribution is 2.37. The molecule has 2 N–H and O–H groups in total. The van der Waals surface area contributed by atoms with Crippen LogP contribution in [0.25, 0.3) is 0 Å². The molecule has 1 heterocycles. The number of imidazole rings is 1. The number of phenolic OH excluding ortho intramolecular Hbond substituents is 1. The van der Waals surface area contributed by atoms with Gasteiger partial charge in [-0.25, -0.2) is 4.98 Å². The van der Waals surface area contributed by atoms with Crippen LogP contribution in [0, 0.1) is 0 Å². The third kappa shape index (κ3) is 2.33. The number of aryl methyl sites for hydroxylation is 1. The maximum absolute atomic E-state index is 9.60. The minimum atomic E-state index is 0.381. The lowest BCUT2D eigenvalue weighted by molar-refractivity contribution is 0.352. The van der Waals surface area contributed by atoms with Crippen LogP contribution in [0.4, 0.5) is 0 Å². The molecule has 3 atom stereocenters. The molecule has 110 valence electrons. The molecule has 0 saturated heterocycles. The van der Waals surface area contributed by atoms with E-state index in [2.05, 4.69) is 27.1 Å². The van der Waals surface area contributed by atoms with Crippen molar-refractivity contribution >= 4 is 0 Å². The molecule has 1 fully saturated rings. The second-order valence-electron chi connectivity index (χ2n) is 6.26. The van der Waals surface area contributed by atoms with Crippen LogP contribution in [-0.2, 0) is 6.42 Å². The van der Waals surface area contributed by atoms with Gasteiger partial charge >= 0.3 is 0 Å². The molecule has 3 unspecified atom stereocenters. The molecule has 4 rings (SSSR count). The molecule has 2 aliphatic carbocycles. The monoisotopic (exact) mass is 283 g/mol. The highest BCUT2D eigenvalue weighted by Gasteiger charge is 2.32. The molecule has 1 aromatic heterocycles. The summed E-state index contributed by atoms with van der Waals surface area (Å²) in [6.07, 6.45) is 11.8. The van der Waals surface area contributed by atoms with Gasteiger partial charge in [0.05, 0.1) is 6.33 Å². The van der Waals surface area contributed by atoms with E-state index in [4.69, 9.17) is 0 Å². The van der Waals surface area contributed by atoms with Gasteiger partial charge in [-0.05, 0) is 55.4 Å². The zero-order chi connectivity index (χ0) is 14.2. The second-order valence-corrected chi connectivity index (χ2v) is 6.26. The smallest absolute Gasteiger partial charge is 0.115 e. The Balaban J connectivity index is 1.52. The maximum Gasteiger partial charge on any atom is 0.115 e. The summed E-state index contributed by atoms with van der Waals surface area (Å²) in [7, 11) is 0. The predicted octanol–water partition coefficient (Wildman–Crippen LogP) is 2.96. The first kappa shape index (κ1) is 12.9. The highest BCUT2D eigenvalue weighted by molar-refractivity contribution is 5.40. The topological polar surface area (TPSA) is 50.1 Å². The first-order valence-electron chi connectivity index (χ1n) is 7.86. The Morgan fingerprint density at radius 1 is 1.24 bits per heavy atom. The quantitative estimate of drug-likeness (QED) is 0.910. The molecular weight excluding hydrogens is 262 g/mol. The van der Waals surface area contributed by atoms with Gasteiger partial charge in [0.1, 0.15) is 5.75 Å². The molecule has 0 radical (unpaired) electrons. The van der Waals surface area contributed by atoms with Gasteiger partial charge < -0.3 is 15.0 Å². The Bertz CT molecular complexity index is 623. The van der Waals surface area contributed by atoms with Gasteiger partial charge in [0.25, 0.3) is 0 Å². The zero-order valence-electron chi connectivity index (χ0n) is 12.1. The molecule has 2 aliphatic rings. The Hall–Kier alpha value is -1.81. The molecule has 0 amide bonds. The van der Waals surface area contributed by atoms with E-state index in [0.29, 0.717) is 23.9 Å². The lowest BCUT2D eigenvalue weighted by Gasteiger charge is -2.26. The summed E-state index contributed by atoms with van der Waals surface area (Å²) in [5.74, 6) is 0.381. The number of hydrogen-bond donors (Lipinski definition) is 2. The summed E-state index contributed by atoms with van der Waals surface area (Å²) in [6.45, 7) is 0. The summed E-state index contributed by atoms with van der Waals surface area (Å²) in [6, 6.07) is 7.27. The van der Waals surface area contributed by atoms with E-state index < -0.39 is 0 Å². The van der Waals surface area contributed by atoms with Gasteiger partial charge in [-0.3, -0.25) is 0 Å². The van der Waals surface area contributed by atoms with Crippen molar-refractivity contribution in [2.45, 2.75) is 50.2 Å². The molecular formula is C17H21N3O. The predicted molar refractivity (Wildman–Crippen MR) is 81.2 cm³/mol. The normalized spacial score (nSPS) is 27.9. The SMILES string of the molecule is Oc1ccc2c(c1)CCC2NC1CCCC1n1ccnc1. The molecule has 0 spiro atoms. The summed E-state index contributed by atoms with van der Waals surface area (Å²) in [5, 5.41) is 13.5. The summed E-state index contributed by atoms with van der Waals surface area (Å²) in [4.78, 5) is 4.19. The van der Waals surface area contributed by atoms with E-state index in [0.717, 1.165) is 12.8 Å². The van der Waals surface area contributed by atoms with E-state index in [1.165, 1.54) is 30.4 Å². The Labute approximate surface area is 124 Å². The first-order chi connectivity index (χ1) is 10.3. The van der Waals surface area contributed by atoms with Crippen molar-refractivity contribution in [1.82, 2.24) is 14.9 Å². The summed E-state index contributed by atoms with van der Waals surface area (Å²) in [5.41, 5.74) is 2.66. The lowest BCUT2D eigenvalue weighted by Crippen LogP contribution is -2.35. The average molecular weight is 283 g/mol. The van der Waals surface area contributed by atoms with E-state index in [1.54, 1.807) is 6.07 Å². The van der Waals surface area contributed by atoms with Gasteiger partial charge in [-0.15, -0.1) is 0 Å². The molecule has 2 aromatic rings. The van der Waals surface area contributed by atoms with Crippen molar-refractivity contribution < 1.29 is 5.11 Å². The van der Waals surface area contributed by atoms with E-state index in [-0.39, 0.29) is 0 Å². The van der Waals surface area contributed by atoms with E-state index >= 15 is 0 Å². The molecule has 4 nitrogen and oxygen atoms in total. The van der Waals surface area contributed by atoms with Crippen molar-refractivity contribution in [3.05, 3.63) is 48.0 Å². The largest absolute Gasteiger partial charge is 0.508 e. The van der Waals surface area contributed by atoms with Crippen LogP contribution < -0.4 is 5.32 Å². The van der Waals surface area contributed by atoms with Crippen LogP contribution in [0.15, 0.2) is 36.9 Å². The van der Waals surface area contributed by atoms with Crippen molar-refractivity contribution in [2.75, 3.05) is 0 Å². The maximum atomic E-state index is 9.60. The van der Waals surface area contributed by atoms with Gasteiger partial charge in [0.15, 0.2) is 0 Å². The minimum Gasteiger partial charge on any atom is -0.508 e. The van der Waals surface area contributed by atoms with Crippen LogP contribution in [-0.4, -0.2) is 20.7 Å². The molecule has 0 bridgehead atoms. The lowest BCUT2D eigenvalue weighted by atomic mass is 10.1. The number of nitrogens with one attached hydrogen (secondary N) is 1. The number of benzene rings is 1. The van der Waals surface area contributed by atoms with Crippen molar-refractivity contribution in [3.8, 4) is 5.75 Å². The average Bonchev–Trinajstić information content (AvgIpc) is 3.19. The number of hydrogen-bond acceptors (Lipinski definition) is 3. The third-order valence-corrected chi connectivity index (χ3v) is 5.01. The van der Waals surface area contributed by atoms with E-state index in [9.17, 15) is 5.11 Å². The fraction of sp³-hybridized carbons (Fsp3) is 0.471. The van der Waals surface area contributed by atoms with Gasteiger partial charge in [-0.1, -0.05) is 6.07 Å². The number of fused-ring (bicyclic) bond motifs is 1. The molecule has 0 aliphatic heterocycles. The fourth-order valence-corrected chi connectivity index (χ4v) is 3.99. The summed E-state index contributed by atoms with van der Waals surface area (Å²) < 4.78 is 2.25. The standard InChI is InChI=1S/C17H21N3O/c21-13-5-6-14-12(10-13)4-7-15(14)19-16-2-1-3-17(16)20-9-8-18-11-20/h5-6,8-11,15-17,19,21H,1-4,7H2. The molecule has 1 saturated carbocycles. The number of phenols is 1. The van der Waals surface area contributed by atoms with Crippen LogP contribution in [0.2, 0.25) is 0 Å². The van der Waals surface area contributed by atoms with Crippen LogP contribution in [0.5, 0.6) is 5.75 Å². The summed E-state index contributed by atoms with van der Waals surface area (Å²) >= 11 is 0. The Morgan fingerprint density at radius 2 is 2.19 bits per heavy atom. The van der Waals surface area contributed by atoms with Gasteiger partial charge in [-0.2, -0.15) is 0 Å². The molecule has 4 heteroatoms. The van der Waals surface area contributed by atoms with Crippen LogP contribution in [0.1, 0.15) is 48.9 Å². The van der Waals surface area contributed by atoms with Gasteiger partial charge in [0, 0.05) is 30.5 Å².